The summed E-state index contributed by atoms with van der Waals surface area (Å²) in [5, 5.41) is 2.50. The number of nitrogens with zero attached hydrogens (tertiary/aromatic N) is 1. The molecule has 3 rings (SSSR count). The van der Waals surface area contributed by atoms with E-state index in [0.29, 0.717) is 5.69 Å². The highest BCUT2D eigenvalue weighted by molar-refractivity contribution is 6.83. The number of H-pyrrole nitrogens is 1. The highest BCUT2D eigenvalue weighted by Crippen LogP contribution is 2.43. The summed E-state index contributed by atoms with van der Waals surface area (Å²) in [6.07, 6.45) is -1.27. The predicted octanol–water partition coefficient (Wildman–Crippen LogP) is 5.51. The van der Waals surface area contributed by atoms with Crippen LogP contribution in [0.25, 0.3) is 11.3 Å². The summed E-state index contributed by atoms with van der Waals surface area (Å²) in [7, 11) is -0.289. The first-order valence-electron chi connectivity index (χ1n) is 12.1. The highest BCUT2D eigenvalue weighted by atomic mass is 28.3. The Morgan fingerprint density at radius 2 is 1.86 bits per heavy atom. The number of ether oxygens (including phenoxy) is 1. The van der Waals surface area contributed by atoms with Gasteiger partial charge in [0.05, 0.1) is 19.7 Å². The van der Waals surface area contributed by atoms with Gasteiger partial charge >= 0.3 is 6.09 Å². The van der Waals surface area contributed by atoms with Crippen molar-refractivity contribution in [1.29, 1.82) is 0 Å². The van der Waals surface area contributed by atoms with Crippen LogP contribution in [-0.2, 0) is 9.53 Å². The van der Waals surface area contributed by atoms with E-state index in [4.69, 9.17) is 0 Å². The van der Waals surface area contributed by atoms with Crippen LogP contribution in [0.5, 0.6) is 0 Å². The lowest BCUT2D eigenvalue weighted by molar-refractivity contribution is -0.136. The summed E-state index contributed by atoms with van der Waals surface area (Å²) >= 11 is 0. The fourth-order valence-electron chi connectivity index (χ4n) is 4.25. The molecule has 1 aromatic carbocycles. The minimum absolute atomic E-state index is 0.311. The topological polar surface area (TPSA) is 74.4 Å². The number of carbonyl (C=O) groups excluding carboxylic acids is 2. The number of likely N-dealkylation sites (tertiary alicyclic amines) is 1. The maximum Gasteiger partial charge on any atom is 0.407 e. The average molecular weight is 516 g/mol. The summed E-state index contributed by atoms with van der Waals surface area (Å²) in [5.74, 6) is -0.684. The number of alkyl halides is 2. The number of hydrogen-bond donors (Lipinski definition) is 2. The standard InChI is InChI=1S/C27H35F2N3O3Si/c1-17(2)23(31-26(34)35-4)25(33)32-16-27(28,29)15-22(32)24-18(3)14-21(30-24)20-10-8-19(9-11-20)12-13-36(5,6)7/h8-11,14,17,22-23,30H,15-16H2,1-7H3,(H,31,34)/t22-,23-/m0/s1. The highest BCUT2D eigenvalue weighted by Gasteiger charge is 2.50. The zero-order valence-corrected chi connectivity index (χ0v) is 23.0. The van der Waals surface area contributed by atoms with Gasteiger partial charge in [0.1, 0.15) is 14.1 Å². The molecule has 0 saturated carbocycles. The Balaban J connectivity index is 1.90. The zero-order chi connectivity index (χ0) is 26.8. The van der Waals surface area contributed by atoms with Gasteiger partial charge in [0.15, 0.2) is 0 Å². The fourth-order valence-corrected chi connectivity index (χ4v) is 4.77. The van der Waals surface area contributed by atoms with Crippen LogP contribution in [0.1, 0.15) is 43.1 Å². The molecule has 1 aromatic heterocycles. The number of methoxy groups -OCH3 is 1. The lowest BCUT2D eigenvalue weighted by Gasteiger charge is -2.30. The molecule has 9 heteroatoms. The third-order valence-electron chi connectivity index (χ3n) is 6.11. The number of benzene rings is 1. The monoisotopic (exact) mass is 515 g/mol. The number of nitrogens with one attached hydrogen (secondary N) is 2. The van der Waals surface area contributed by atoms with E-state index < -0.39 is 51.0 Å². The fraction of sp³-hybridized carbons (Fsp3) is 0.481. The molecule has 36 heavy (non-hydrogen) atoms. The summed E-state index contributed by atoms with van der Waals surface area (Å²) in [5.41, 5.74) is 7.30. The zero-order valence-electron chi connectivity index (χ0n) is 22.0. The minimum Gasteiger partial charge on any atom is -0.453 e. The van der Waals surface area contributed by atoms with Gasteiger partial charge in [-0.25, -0.2) is 13.6 Å². The molecule has 1 saturated heterocycles. The van der Waals surface area contributed by atoms with E-state index in [0.717, 1.165) is 22.4 Å². The predicted molar refractivity (Wildman–Crippen MR) is 139 cm³/mol. The number of amides is 2. The van der Waals surface area contributed by atoms with Crippen LogP contribution < -0.4 is 5.32 Å². The molecule has 194 valence electrons. The van der Waals surface area contributed by atoms with E-state index in [2.05, 4.69) is 46.1 Å². The molecule has 2 N–H and O–H groups in total. The van der Waals surface area contributed by atoms with Gasteiger partial charge < -0.3 is 19.9 Å². The van der Waals surface area contributed by atoms with Gasteiger partial charge in [-0.05, 0) is 42.2 Å². The normalized spacial score (nSPS) is 17.9. The van der Waals surface area contributed by atoms with Crippen LogP contribution in [0.2, 0.25) is 19.6 Å². The molecule has 2 heterocycles. The first-order chi connectivity index (χ1) is 16.7. The molecule has 0 unspecified atom stereocenters. The van der Waals surface area contributed by atoms with Crippen LogP contribution >= 0.6 is 0 Å². The summed E-state index contributed by atoms with van der Waals surface area (Å²) in [6, 6.07) is 7.88. The number of alkyl carbamates (subject to hydrolysis) is 1. The molecule has 2 aromatic rings. The van der Waals surface area contributed by atoms with E-state index in [1.165, 1.54) is 12.0 Å². The molecular weight excluding hydrogens is 480 g/mol. The van der Waals surface area contributed by atoms with Crippen LogP contribution in [-0.4, -0.2) is 55.6 Å². The number of hydrogen-bond acceptors (Lipinski definition) is 3. The van der Waals surface area contributed by atoms with Crippen LogP contribution in [0.15, 0.2) is 30.3 Å². The van der Waals surface area contributed by atoms with Gasteiger partial charge in [-0.1, -0.05) is 51.5 Å². The SMILES string of the molecule is COC(=O)N[C@H](C(=O)N1CC(F)(F)C[C@H]1c1[nH]c(-c2ccc(C#C[Si](C)(C)C)cc2)cc1C)C(C)C. The minimum atomic E-state index is -3.04. The quantitative estimate of drug-likeness (QED) is 0.407. The van der Waals surface area contributed by atoms with E-state index >= 15 is 0 Å². The lowest BCUT2D eigenvalue weighted by Crippen LogP contribution is -2.51. The van der Waals surface area contributed by atoms with E-state index in [1.807, 2.05) is 37.3 Å². The molecule has 6 nitrogen and oxygen atoms in total. The van der Waals surface area contributed by atoms with Gasteiger partial charge in [0, 0.05) is 23.4 Å². The Morgan fingerprint density at radius 1 is 1.22 bits per heavy atom. The van der Waals surface area contributed by atoms with Crippen molar-refractivity contribution in [2.45, 2.75) is 64.8 Å². The Kier molecular flexibility index (Phi) is 7.99. The Morgan fingerprint density at radius 3 is 2.42 bits per heavy atom. The van der Waals surface area contributed by atoms with E-state index in [1.54, 1.807) is 13.8 Å². The maximum absolute atomic E-state index is 14.6. The number of aryl methyl sites for hydroxylation is 1. The second kappa shape index (κ2) is 10.5. The Labute approximate surface area is 212 Å². The molecule has 1 fully saturated rings. The molecule has 2 atom stereocenters. The van der Waals surface area contributed by atoms with Crippen molar-refractivity contribution in [1.82, 2.24) is 15.2 Å². The van der Waals surface area contributed by atoms with Gasteiger partial charge in [-0.2, -0.15) is 0 Å². The van der Waals surface area contributed by atoms with Crippen molar-refractivity contribution in [2.24, 2.45) is 5.92 Å². The molecule has 0 spiro atoms. The molecule has 0 bridgehead atoms. The van der Waals surface area contributed by atoms with Gasteiger partial charge in [-0.15, -0.1) is 5.54 Å². The number of halogens is 2. The smallest absolute Gasteiger partial charge is 0.407 e. The summed E-state index contributed by atoms with van der Waals surface area (Å²) in [4.78, 5) is 29.6. The van der Waals surface area contributed by atoms with Crippen molar-refractivity contribution >= 4 is 20.1 Å². The van der Waals surface area contributed by atoms with Crippen molar-refractivity contribution < 1.29 is 23.1 Å². The summed E-state index contributed by atoms with van der Waals surface area (Å²) in [6.45, 7) is 11.2. The molecule has 0 radical (unpaired) electrons. The number of aromatic amines is 1. The maximum atomic E-state index is 14.6. The largest absolute Gasteiger partial charge is 0.453 e. The number of aromatic nitrogens is 1. The Bertz CT molecular complexity index is 1170. The third-order valence-corrected chi connectivity index (χ3v) is 6.99. The number of rotatable bonds is 5. The first kappa shape index (κ1) is 27.5. The number of carbonyl (C=O) groups is 2. The lowest BCUT2D eigenvalue weighted by atomic mass is 10.0. The Hall–Kier alpha value is -3.12. The first-order valence-corrected chi connectivity index (χ1v) is 15.6. The van der Waals surface area contributed by atoms with Gasteiger partial charge in [-0.3, -0.25) is 4.79 Å². The molecule has 0 aliphatic carbocycles. The van der Waals surface area contributed by atoms with Crippen molar-refractivity contribution in [3.8, 4) is 22.7 Å². The molecule has 2 amide bonds. The van der Waals surface area contributed by atoms with Gasteiger partial charge in [0.25, 0.3) is 5.92 Å². The average Bonchev–Trinajstić information content (AvgIpc) is 3.33. The van der Waals surface area contributed by atoms with Crippen molar-refractivity contribution in [3.63, 3.8) is 0 Å². The summed E-state index contributed by atoms with van der Waals surface area (Å²) < 4.78 is 33.9. The second-order valence-corrected chi connectivity index (χ2v) is 15.5. The van der Waals surface area contributed by atoms with Crippen molar-refractivity contribution in [2.75, 3.05) is 13.7 Å². The van der Waals surface area contributed by atoms with Crippen molar-refractivity contribution in [3.05, 3.63) is 47.2 Å². The van der Waals surface area contributed by atoms with Gasteiger partial charge in [0.2, 0.25) is 5.91 Å². The van der Waals surface area contributed by atoms with Crippen LogP contribution in [0.4, 0.5) is 13.6 Å². The third kappa shape index (κ3) is 6.55. The molecule has 1 aliphatic heterocycles. The molecular formula is C27H35F2N3O3Si. The van der Waals surface area contributed by atoms with Crippen LogP contribution in [0.3, 0.4) is 0 Å². The van der Waals surface area contributed by atoms with E-state index in [9.17, 15) is 18.4 Å². The van der Waals surface area contributed by atoms with E-state index in [-0.39, 0.29) is 5.92 Å². The molecule has 1 aliphatic rings. The van der Waals surface area contributed by atoms with Crippen LogP contribution in [0, 0.1) is 24.3 Å². The second-order valence-electron chi connectivity index (χ2n) is 10.8.